The monoisotopic (exact) mass is 439 g/mol. The van der Waals surface area contributed by atoms with Gasteiger partial charge in [-0.15, -0.1) is 0 Å². The highest BCUT2D eigenvalue weighted by molar-refractivity contribution is 6.33. The molecule has 0 radical (unpaired) electrons. The highest BCUT2D eigenvalue weighted by Gasteiger charge is 2.22. The molecular weight excluding hydrogens is 414 g/mol. The van der Waals surface area contributed by atoms with E-state index >= 15 is 0 Å². The topological polar surface area (TPSA) is 74.6 Å². The Morgan fingerprint density at radius 2 is 1.71 bits per heavy atom. The molecular formula is C24H26ClN3O3. The summed E-state index contributed by atoms with van der Waals surface area (Å²) in [6.45, 7) is 0.388. The minimum absolute atomic E-state index is 0.0909. The van der Waals surface area contributed by atoms with Crippen molar-refractivity contribution in [2.24, 2.45) is 0 Å². The maximum atomic E-state index is 12.8. The average molecular weight is 440 g/mol. The molecule has 2 atom stereocenters. The molecule has 0 spiro atoms. The molecule has 7 heteroatoms. The second-order valence-electron chi connectivity index (χ2n) is 7.42. The Labute approximate surface area is 187 Å². The minimum atomic E-state index is -0.494. The van der Waals surface area contributed by atoms with Gasteiger partial charge in [0.25, 0.3) is 5.91 Å². The van der Waals surface area contributed by atoms with Crippen LogP contribution in [-0.2, 0) is 4.79 Å². The maximum absolute atomic E-state index is 12.8. The van der Waals surface area contributed by atoms with Crippen LogP contribution in [0.3, 0.4) is 0 Å². The number of furan rings is 1. The van der Waals surface area contributed by atoms with E-state index < -0.39 is 6.04 Å². The van der Waals surface area contributed by atoms with Crippen LogP contribution in [0.2, 0.25) is 5.02 Å². The van der Waals surface area contributed by atoms with E-state index in [1.54, 1.807) is 30.5 Å². The van der Waals surface area contributed by atoms with E-state index in [4.69, 9.17) is 16.0 Å². The quantitative estimate of drug-likeness (QED) is 0.523. The van der Waals surface area contributed by atoms with Crippen molar-refractivity contribution < 1.29 is 14.0 Å². The third-order valence-electron chi connectivity index (χ3n) is 5.00. The van der Waals surface area contributed by atoms with Crippen LogP contribution in [0.25, 0.3) is 0 Å². The lowest BCUT2D eigenvalue weighted by atomic mass is 10.0. The molecule has 2 amide bonds. The predicted molar refractivity (Wildman–Crippen MR) is 121 cm³/mol. The van der Waals surface area contributed by atoms with Crippen molar-refractivity contribution in [2.75, 3.05) is 20.6 Å². The smallest absolute Gasteiger partial charge is 0.253 e. The van der Waals surface area contributed by atoms with Crippen molar-refractivity contribution in [3.8, 4) is 0 Å². The van der Waals surface area contributed by atoms with Crippen LogP contribution in [0.1, 0.15) is 40.2 Å². The number of carbonyl (C=O) groups excluding carboxylic acids is 2. The van der Waals surface area contributed by atoms with E-state index in [2.05, 4.69) is 10.6 Å². The Kier molecular flexibility index (Phi) is 7.87. The number of benzene rings is 2. The number of hydrogen-bond acceptors (Lipinski definition) is 4. The molecule has 0 aliphatic carbocycles. The lowest BCUT2D eigenvalue weighted by Crippen LogP contribution is -2.37. The van der Waals surface area contributed by atoms with Gasteiger partial charge in [-0.1, -0.05) is 54.1 Å². The number of carbonyl (C=O) groups is 2. The standard InChI is InChI=1S/C24H26ClN3O3/c1-28(2)21(22-13-8-14-31-22)16-26-23(29)15-20(17-9-4-3-5-10-17)27-24(30)18-11-6-7-12-19(18)25/h3-14,20-21H,15-16H2,1-2H3,(H,26,29)(H,27,30). The largest absolute Gasteiger partial charge is 0.468 e. The van der Waals surface area contributed by atoms with Gasteiger partial charge in [0.15, 0.2) is 0 Å². The van der Waals surface area contributed by atoms with Crippen molar-refractivity contribution in [3.05, 3.63) is 94.9 Å². The van der Waals surface area contributed by atoms with Gasteiger partial charge in [0.05, 0.1) is 35.4 Å². The van der Waals surface area contributed by atoms with E-state index in [0.717, 1.165) is 11.3 Å². The highest BCUT2D eigenvalue weighted by Crippen LogP contribution is 2.21. The Hall–Kier alpha value is -3.09. The third-order valence-corrected chi connectivity index (χ3v) is 5.33. The first-order valence-corrected chi connectivity index (χ1v) is 10.4. The number of likely N-dealkylation sites (N-methyl/N-ethyl adjacent to an activating group) is 1. The van der Waals surface area contributed by atoms with Crippen LogP contribution in [0.15, 0.2) is 77.4 Å². The van der Waals surface area contributed by atoms with E-state index in [1.807, 2.05) is 61.5 Å². The van der Waals surface area contributed by atoms with Crippen LogP contribution in [0.4, 0.5) is 0 Å². The van der Waals surface area contributed by atoms with E-state index in [1.165, 1.54) is 0 Å². The molecule has 0 saturated heterocycles. The maximum Gasteiger partial charge on any atom is 0.253 e. The number of nitrogens with zero attached hydrogens (tertiary/aromatic N) is 1. The molecule has 31 heavy (non-hydrogen) atoms. The molecule has 2 unspecified atom stereocenters. The van der Waals surface area contributed by atoms with E-state index in [9.17, 15) is 9.59 Å². The molecule has 162 valence electrons. The van der Waals surface area contributed by atoms with E-state index in [0.29, 0.717) is 17.1 Å². The number of amides is 2. The fraction of sp³-hybridized carbons (Fsp3) is 0.250. The Balaban J connectivity index is 1.69. The average Bonchev–Trinajstić information content (AvgIpc) is 3.28. The van der Waals surface area contributed by atoms with Gasteiger partial charge < -0.3 is 15.1 Å². The van der Waals surface area contributed by atoms with Gasteiger partial charge in [-0.3, -0.25) is 14.5 Å². The van der Waals surface area contributed by atoms with Crippen molar-refractivity contribution in [1.82, 2.24) is 15.5 Å². The first kappa shape index (κ1) is 22.6. The Bertz CT molecular complexity index is 990. The first-order chi connectivity index (χ1) is 15.0. The second-order valence-corrected chi connectivity index (χ2v) is 7.83. The third kappa shape index (κ3) is 6.20. The summed E-state index contributed by atoms with van der Waals surface area (Å²) < 4.78 is 5.49. The number of halogens is 1. The van der Waals surface area contributed by atoms with Crippen molar-refractivity contribution in [1.29, 1.82) is 0 Å². The molecule has 1 heterocycles. The van der Waals surface area contributed by atoms with Gasteiger partial charge in [0.1, 0.15) is 5.76 Å². The lowest BCUT2D eigenvalue weighted by molar-refractivity contribution is -0.121. The number of rotatable bonds is 9. The van der Waals surface area contributed by atoms with Crippen LogP contribution in [0.5, 0.6) is 0 Å². The molecule has 1 aromatic heterocycles. The summed E-state index contributed by atoms with van der Waals surface area (Å²) in [5.41, 5.74) is 1.21. The first-order valence-electron chi connectivity index (χ1n) is 10.0. The summed E-state index contributed by atoms with van der Waals surface area (Å²) in [5, 5.41) is 6.27. The van der Waals surface area contributed by atoms with Gasteiger partial charge in [-0.25, -0.2) is 0 Å². The SMILES string of the molecule is CN(C)C(CNC(=O)CC(NC(=O)c1ccccc1Cl)c1ccccc1)c1ccco1. The summed E-state index contributed by atoms with van der Waals surface area (Å²) >= 11 is 6.16. The van der Waals surface area contributed by atoms with Crippen LogP contribution in [0, 0.1) is 0 Å². The Morgan fingerprint density at radius 1 is 1.00 bits per heavy atom. The lowest BCUT2D eigenvalue weighted by Gasteiger charge is -2.24. The van der Waals surface area contributed by atoms with Gasteiger partial charge in [-0.05, 0) is 43.9 Å². The molecule has 2 N–H and O–H groups in total. The summed E-state index contributed by atoms with van der Waals surface area (Å²) in [6.07, 6.45) is 1.71. The molecule has 0 saturated carbocycles. The molecule has 3 aromatic rings. The molecule has 0 aliphatic heterocycles. The van der Waals surface area contributed by atoms with Gasteiger partial charge in [0.2, 0.25) is 5.91 Å². The van der Waals surface area contributed by atoms with Gasteiger partial charge in [-0.2, -0.15) is 0 Å². The number of nitrogens with one attached hydrogen (secondary N) is 2. The van der Waals surface area contributed by atoms with Crippen LogP contribution in [-0.4, -0.2) is 37.4 Å². The summed E-state index contributed by atoms with van der Waals surface area (Å²) in [6, 6.07) is 19.4. The van der Waals surface area contributed by atoms with E-state index in [-0.39, 0.29) is 24.3 Å². The zero-order chi connectivity index (χ0) is 22.2. The molecule has 0 bridgehead atoms. The molecule has 0 fully saturated rings. The van der Waals surface area contributed by atoms with Crippen molar-refractivity contribution in [3.63, 3.8) is 0 Å². The molecule has 2 aromatic carbocycles. The summed E-state index contributed by atoms with van der Waals surface area (Å²) in [7, 11) is 3.85. The zero-order valence-corrected chi connectivity index (χ0v) is 18.3. The number of hydrogen-bond donors (Lipinski definition) is 2. The van der Waals surface area contributed by atoms with Crippen LogP contribution < -0.4 is 10.6 Å². The highest BCUT2D eigenvalue weighted by atomic mass is 35.5. The molecule has 6 nitrogen and oxygen atoms in total. The normalized spacial score (nSPS) is 12.9. The fourth-order valence-electron chi connectivity index (χ4n) is 3.31. The second kappa shape index (κ2) is 10.8. The molecule has 0 aliphatic rings. The van der Waals surface area contributed by atoms with Crippen molar-refractivity contribution >= 4 is 23.4 Å². The van der Waals surface area contributed by atoms with Gasteiger partial charge >= 0.3 is 0 Å². The minimum Gasteiger partial charge on any atom is -0.468 e. The van der Waals surface area contributed by atoms with Crippen molar-refractivity contribution in [2.45, 2.75) is 18.5 Å². The Morgan fingerprint density at radius 3 is 2.35 bits per heavy atom. The fourth-order valence-corrected chi connectivity index (χ4v) is 3.53. The summed E-state index contributed by atoms with van der Waals surface area (Å²) in [5.74, 6) is 0.276. The predicted octanol–water partition coefficient (Wildman–Crippen LogP) is 4.21. The van der Waals surface area contributed by atoms with Crippen LogP contribution >= 0.6 is 11.6 Å². The summed E-state index contributed by atoms with van der Waals surface area (Å²) in [4.78, 5) is 27.5. The zero-order valence-electron chi connectivity index (χ0n) is 17.5. The van der Waals surface area contributed by atoms with Gasteiger partial charge in [0, 0.05) is 6.54 Å². The molecule has 3 rings (SSSR count).